The molecule has 1 saturated carbocycles. The van der Waals surface area contributed by atoms with Gasteiger partial charge in [-0.05, 0) is 25.0 Å². The van der Waals surface area contributed by atoms with Crippen molar-refractivity contribution >= 4 is 17.4 Å². The highest BCUT2D eigenvalue weighted by atomic mass is 16.6. The van der Waals surface area contributed by atoms with Gasteiger partial charge in [-0.25, -0.2) is 4.79 Å². The highest BCUT2D eigenvalue weighted by molar-refractivity contribution is 5.89. The number of benzene rings is 1. The number of carbonyl (C=O) groups excluding carboxylic acids is 1. The minimum absolute atomic E-state index is 0.0181. The van der Waals surface area contributed by atoms with Crippen molar-refractivity contribution in [2.45, 2.75) is 25.4 Å². The number of non-ortho nitro benzene ring substituents is 1. The first kappa shape index (κ1) is 15.2. The Hall–Kier alpha value is -2.15. The minimum atomic E-state index is -0.487. The molecule has 2 atom stereocenters. The van der Waals surface area contributed by atoms with Crippen LogP contribution < -0.4 is 5.32 Å². The number of nitro groups is 1. The van der Waals surface area contributed by atoms with Crippen LogP contribution in [0.4, 0.5) is 16.2 Å². The summed E-state index contributed by atoms with van der Waals surface area (Å²) in [6, 6.07) is 5.39. The third kappa shape index (κ3) is 3.91. The van der Waals surface area contributed by atoms with Crippen molar-refractivity contribution in [2.75, 3.05) is 18.9 Å². The Morgan fingerprint density at radius 2 is 2.10 bits per heavy atom. The van der Waals surface area contributed by atoms with E-state index in [1.807, 2.05) is 0 Å². The highest BCUT2D eigenvalue weighted by Crippen LogP contribution is 2.26. The van der Waals surface area contributed by atoms with Gasteiger partial charge in [0.25, 0.3) is 5.69 Å². The molecule has 0 saturated heterocycles. The lowest BCUT2D eigenvalue weighted by Crippen LogP contribution is -2.37. The summed E-state index contributed by atoms with van der Waals surface area (Å²) in [6.45, 7) is 0.500. The van der Waals surface area contributed by atoms with E-state index in [1.54, 1.807) is 7.05 Å². The maximum atomic E-state index is 12.0. The van der Waals surface area contributed by atoms with Crippen molar-refractivity contribution in [3.8, 4) is 0 Å². The number of aliphatic hydroxyl groups excluding tert-OH is 1. The van der Waals surface area contributed by atoms with Crippen molar-refractivity contribution in [2.24, 2.45) is 5.92 Å². The second-order valence-electron chi connectivity index (χ2n) is 5.37. The van der Waals surface area contributed by atoms with Crippen molar-refractivity contribution < 1.29 is 14.8 Å². The van der Waals surface area contributed by atoms with Crippen LogP contribution in [-0.4, -0.2) is 40.7 Å². The van der Waals surface area contributed by atoms with Crippen LogP contribution in [0.3, 0.4) is 0 Å². The monoisotopic (exact) mass is 293 g/mol. The third-order valence-electron chi connectivity index (χ3n) is 3.80. The van der Waals surface area contributed by atoms with Gasteiger partial charge in [0.05, 0.1) is 11.0 Å². The Morgan fingerprint density at radius 3 is 2.62 bits per heavy atom. The molecule has 21 heavy (non-hydrogen) atoms. The first-order chi connectivity index (χ1) is 9.97. The second kappa shape index (κ2) is 6.53. The van der Waals surface area contributed by atoms with Crippen LogP contribution in [0.1, 0.15) is 19.3 Å². The summed E-state index contributed by atoms with van der Waals surface area (Å²) in [5.74, 6) is 0.123. The van der Waals surface area contributed by atoms with Gasteiger partial charge in [-0.2, -0.15) is 0 Å². The lowest BCUT2D eigenvalue weighted by molar-refractivity contribution is -0.384. The topological polar surface area (TPSA) is 95.7 Å². The van der Waals surface area contributed by atoms with E-state index in [0.29, 0.717) is 12.2 Å². The molecule has 1 fully saturated rings. The van der Waals surface area contributed by atoms with E-state index in [9.17, 15) is 20.0 Å². The molecule has 2 rings (SSSR count). The summed E-state index contributed by atoms with van der Waals surface area (Å²) >= 11 is 0. The zero-order chi connectivity index (χ0) is 15.4. The molecule has 0 aliphatic heterocycles. The largest absolute Gasteiger partial charge is 0.393 e. The van der Waals surface area contributed by atoms with Crippen LogP contribution in [-0.2, 0) is 0 Å². The first-order valence-corrected chi connectivity index (χ1v) is 6.92. The van der Waals surface area contributed by atoms with Crippen LogP contribution in [0.15, 0.2) is 24.3 Å². The van der Waals surface area contributed by atoms with Gasteiger partial charge in [0.1, 0.15) is 0 Å². The van der Waals surface area contributed by atoms with Gasteiger partial charge in [-0.15, -0.1) is 0 Å². The van der Waals surface area contributed by atoms with E-state index in [0.717, 1.165) is 19.3 Å². The van der Waals surface area contributed by atoms with Crippen LogP contribution in [0.5, 0.6) is 0 Å². The molecule has 114 valence electrons. The Balaban J connectivity index is 1.89. The SMILES string of the molecule is CN(CC1CCCC1O)C(=O)Nc1ccc([N+](=O)[O-])cc1. The number of hydrogen-bond donors (Lipinski definition) is 2. The van der Waals surface area contributed by atoms with Crippen LogP contribution in [0.25, 0.3) is 0 Å². The highest BCUT2D eigenvalue weighted by Gasteiger charge is 2.27. The minimum Gasteiger partial charge on any atom is -0.393 e. The van der Waals surface area contributed by atoms with E-state index in [4.69, 9.17) is 0 Å². The Morgan fingerprint density at radius 1 is 1.43 bits per heavy atom. The number of urea groups is 1. The third-order valence-corrected chi connectivity index (χ3v) is 3.80. The molecule has 2 unspecified atom stereocenters. The van der Waals surface area contributed by atoms with Crippen LogP contribution in [0, 0.1) is 16.0 Å². The number of anilines is 1. The second-order valence-corrected chi connectivity index (χ2v) is 5.37. The van der Waals surface area contributed by atoms with Gasteiger partial charge in [0.2, 0.25) is 0 Å². The lowest BCUT2D eigenvalue weighted by atomic mass is 10.1. The maximum Gasteiger partial charge on any atom is 0.321 e. The van der Waals surface area contributed by atoms with E-state index in [-0.39, 0.29) is 23.7 Å². The fourth-order valence-corrected chi connectivity index (χ4v) is 2.55. The molecule has 0 heterocycles. The van der Waals surface area contributed by atoms with Crippen molar-refractivity contribution in [3.63, 3.8) is 0 Å². The average molecular weight is 293 g/mol. The molecule has 0 aromatic heterocycles. The van der Waals surface area contributed by atoms with Crippen molar-refractivity contribution in [3.05, 3.63) is 34.4 Å². The van der Waals surface area contributed by atoms with Gasteiger partial charge >= 0.3 is 6.03 Å². The Kier molecular flexibility index (Phi) is 4.74. The molecule has 1 aliphatic rings. The average Bonchev–Trinajstić information content (AvgIpc) is 2.84. The van der Waals surface area contributed by atoms with Gasteiger partial charge < -0.3 is 15.3 Å². The molecule has 1 aromatic carbocycles. The number of nitrogens with one attached hydrogen (secondary N) is 1. The number of nitrogens with zero attached hydrogens (tertiary/aromatic N) is 2. The lowest BCUT2D eigenvalue weighted by Gasteiger charge is -2.23. The molecule has 1 aromatic rings. The summed E-state index contributed by atoms with van der Waals surface area (Å²) < 4.78 is 0. The number of nitro benzene ring substituents is 1. The predicted octanol–water partition coefficient (Wildman–Crippen LogP) is 2.22. The fourth-order valence-electron chi connectivity index (χ4n) is 2.55. The number of amides is 2. The van der Waals surface area contributed by atoms with E-state index >= 15 is 0 Å². The van der Waals surface area contributed by atoms with Crippen molar-refractivity contribution in [1.82, 2.24) is 4.90 Å². The summed E-state index contributed by atoms with van der Waals surface area (Å²) in [6.07, 6.45) is 2.38. The molecular formula is C14H19N3O4. The van der Waals surface area contributed by atoms with E-state index in [2.05, 4.69) is 5.32 Å². The molecule has 0 spiro atoms. The van der Waals surface area contributed by atoms with Crippen molar-refractivity contribution in [1.29, 1.82) is 0 Å². The summed E-state index contributed by atoms with van der Waals surface area (Å²) in [7, 11) is 1.67. The van der Waals surface area contributed by atoms with Gasteiger partial charge in [-0.3, -0.25) is 10.1 Å². The van der Waals surface area contributed by atoms with E-state index < -0.39 is 4.92 Å². The fraction of sp³-hybridized carbons (Fsp3) is 0.500. The normalized spacial score (nSPS) is 21.0. The smallest absolute Gasteiger partial charge is 0.321 e. The Bertz CT molecular complexity index is 517. The quantitative estimate of drug-likeness (QED) is 0.657. The molecular weight excluding hydrogens is 274 g/mol. The number of hydrogen-bond acceptors (Lipinski definition) is 4. The maximum absolute atomic E-state index is 12.0. The summed E-state index contributed by atoms with van der Waals surface area (Å²) in [5, 5.41) is 23.0. The first-order valence-electron chi connectivity index (χ1n) is 6.92. The van der Waals surface area contributed by atoms with E-state index in [1.165, 1.54) is 29.2 Å². The zero-order valence-electron chi connectivity index (χ0n) is 11.9. The standard InChI is InChI=1S/C14H19N3O4/c1-16(9-10-3-2-4-13(10)18)14(19)15-11-5-7-12(8-6-11)17(20)21/h5-8,10,13,18H,2-4,9H2,1H3,(H,15,19). The molecule has 7 nitrogen and oxygen atoms in total. The molecule has 1 aliphatic carbocycles. The molecule has 0 bridgehead atoms. The Labute approximate surface area is 122 Å². The number of aliphatic hydroxyl groups is 1. The molecule has 2 N–H and O–H groups in total. The number of carbonyl (C=O) groups is 1. The predicted molar refractivity (Wildman–Crippen MR) is 78.1 cm³/mol. The van der Waals surface area contributed by atoms with Gasteiger partial charge in [0, 0.05) is 37.3 Å². The van der Waals surface area contributed by atoms with Crippen LogP contribution in [0.2, 0.25) is 0 Å². The summed E-state index contributed by atoms with van der Waals surface area (Å²) in [5.41, 5.74) is 0.486. The molecule has 0 radical (unpaired) electrons. The van der Waals surface area contributed by atoms with Gasteiger partial charge in [0.15, 0.2) is 0 Å². The van der Waals surface area contributed by atoms with Gasteiger partial charge in [-0.1, -0.05) is 6.42 Å². The molecule has 7 heteroatoms. The number of rotatable bonds is 4. The molecule has 2 amide bonds. The summed E-state index contributed by atoms with van der Waals surface area (Å²) in [4.78, 5) is 23.6. The van der Waals surface area contributed by atoms with Crippen LogP contribution >= 0.6 is 0 Å². The zero-order valence-corrected chi connectivity index (χ0v) is 11.9.